The minimum absolute atomic E-state index is 0.0243. The van der Waals surface area contributed by atoms with Gasteiger partial charge in [0.2, 0.25) is 5.91 Å². The third kappa shape index (κ3) is 6.22. The highest BCUT2D eigenvalue weighted by Crippen LogP contribution is 2.15. The SMILES string of the molecule is CC(C)(CNC(=O)/C=C/c1ccc(OCC#N)cc1)N1CCOCC1. The minimum Gasteiger partial charge on any atom is -0.479 e. The van der Waals surface area contributed by atoms with Gasteiger partial charge in [-0.05, 0) is 37.6 Å². The normalized spacial score (nSPS) is 15.7. The molecule has 0 saturated carbocycles. The van der Waals surface area contributed by atoms with E-state index in [1.54, 1.807) is 18.2 Å². The average molecular weight is 343 g/mol. The number of nitriles is 1. The Bertz CT molecular complexity index is 626. The Morgan fingerprint density at radius 1 is 1.36 bits per heavy atom. The Morgan fingerprint density at radius 2 is 2.04 bits per heavy atom. The first-order valence-corrected chi connectivity index (χ1v) is 8.40. The molecule has 6 heteroatoms. The van der Waals surface area contributed by atoms with Gasteiger partial charge in [-0.2, -0.15) is 5.26 Å². The first-order chi connectivity index (χ1) is 12.0. The number of nitrogens with zero attached hydrogens (tertiary/aromatic N) is 2. The van der Waals surface area contributed by atoms with E-state index in [4.69, 9.17) is 14.7 Å². The molecule has 0 unspecified atom stereocenters. The molecule has 0 aliphatic carbocycles. The highest BCUT2D eigenvalue weighted by atomic mass is 16.5. The molecule has 0 radical (unpaired) electrons. The van der Waals surface area contributed by atoms with Crippen LogP contribution >= 0.6 is 0 Å². The van der Waals surface area contributed by atoms with Crippen molar-refractivity contribution in [3.05, 3.63) is 35.9 Å². The van der Waals surface area contributed by atoms with Crippen LogP contribution in [0.25, 0.3) is 6.08 Å². The molecule has 6 nitrogen and oxygen atoms in total. The van der Waals surface area contributed by atoms with Crippen LogP contribution in [0.1, 0.15) is 19.4 Å². The van der Waals surface area contributed by atoms with E-state index < -0.39 is 0 Å². The molecule has 2 rings (SSSR count). The second-order valence-corrected chi connectivity index (χ2v) is 6.48. The van der Waals surface area contributed by atoms with E-state index in [0.717, 1.165) is 31.9 Å². The van der Waals surface area contributed by atoms with Gasteiger partial charge in [-0.15, -0.1) is 0 Å². The van der Waals surface area contributed by atoms with E-state index in [-0.39, 0.29) is 18.1 Å². The van der Waals surface area contributed by atoms with Crippen LogP contribution in [0.2, 0.25) is 0 Å². The predicted molar refractivity (Wildman–Crippen MR) is 96.1 cm³/mol. The summed E-state index contributed by atoms with van der Waals surface area (Å²) in [5, 5.41) is 11.4. The van der Waals surface area contributed by atoms with E-state index in [2.05, 4.69) is 24.1 Å². The fourth-order valence-corrected chi connectivity index (χ4v) is 2.61. The Kier molecular flexibility index (Phi) is 6.99. The van der Waals surface area contributed by atoms with Crippen LogP contribution in [0, 0.1) is 11.3 Å². The van der Waals surface area contributed by atoms with Gasteiger partial charge in [-0.1, -0.05) is 12.1 Å². The van der Waals surface area contributed by atoms with Gasteiger partial charge < -0.3 is 14.8 Å². The van der Waals surface area contributed by atoms with Crippen LogP contribution in [0.15, 0.2) is 30.3 Å². The number of morpholine rings is 1. The molecule has 1 aliphatic rings. The maximum Gasteiger partial charge on any atom is 0.244 e. The quantitative estimate of drug-likeness (QED) is 0.765. The van der Waals surface area contributed by atoms with Gasteiger partial charge >= 0.3 is 0 Å². The molecule has 134 valence electrons. The number of nitrogens with one attached hydrogen (secondary N) is 1. The molecular formula is C19H25N3O3. The highest BCUT2D eigenvalue weighted by molar-refractivity contribution is 5.91. The minimum atomic E-state index is -0.119. The van der Waals surface area contributed by atoms with Crippen LogP contribution in [0.3, 0.4) is 0 Å². The maximum atomic E-state index is 12.1. The fraction of sp³-hybridized carbons (Fsp3) is 0.474. The molecule has 0 bridgehead atoms. The second-order valence-electron chi connectivity index (χ2n) is 6.48. The summed E-state index contributed by atoms with van der Waals surface area (Å²) in [4.78, 5) is 14.4. The lowest BCUT2D eigenvalue weighted by atomic mass is 10.0. The molecule has 1 amide bonds. The van der Waals surface area contributed by atoms with Crippen molar-refractivity contribution < 1.29 is 14.3 Å². The summed E-state index contributed by atoms with van der Waals surface area (Å²) in [6.07, 6.45) is 3.28. The molecule has 1 aromatic carbocycles. The average Bonchev–Trinajstić information content (AvgIpc) is 2.64. The largest absolute Gasteiger partial charge is 0.479 e. The fourth-order valence-electron chi connectivity index (χ4n) is 2.61. The van der Waals surface area contributed by atoms with Gasteiger partial charge in [0.25, 0.3) is 0 Å². The Hall–Kier alpha value is -2.36. The van der Waals surface area contributed by atoms with Crippen LogP contribution in [-0.2, 0) is 9.53 Å². The first-order valence-electron chi connectivity index (χ1n) is 8.40. The zero-order valence-electron chi connectivity index (χ0n) is 14.8. The summed E-state index contributed by atoms with van der Waals surface area (Å²) in [5.41, 5.74) is 0.791. The van der Waals surface area contributed by atoms with E-state index in [1.807, 2.05) is 18.2 Å². The molecule has 1 aromatic rings. The first kappa shape index (κ1) is 19.0. The van der Waals surface area contributed by atoms with E-state index in [9.17, 15) is 4.79 Å². The smallest absolute Gasteiger partial charge is 0.244 e. The van der Waals surface area contributed by atoms with Gasteiger partial charge in [-0.25, -0.2) is 0 Å². The van der Waals surface area contributed by atoms with Crippen LogP contribution < -0.4 is 10.1 Å². The van der Waals surface area contributed by atoms with Crippen molar-refractivity contribution in [1.82, 2.24) is 10.2 Å². The van der Waals surface area contributed by atoms with Crippen LogP contribution in [0.5, 0.6) is 5.75 Å². The van der Waals surface area contributed by atoms with E-state index in [1.165, 1.54) is 6.08 Å². The number of rotatable bonds is 7. The number of hydrogen-bond acceptors (Lipinski definition) is 5. The zero-order chi connectivity index (χ0) is 18.1. The van der Waals surface area contributed by atoms with Crippen molar-refractivity contribution in [2.24, 2.45) is 0 Å². The molecule has 25 heavy (non-hydrogen) atoms. The maximum absolute atomic E-state index is 12.1. The molecule has 0 atom stereocenters. The van der Waals surface area contributed by atoms with Crippen molar-refractivity contribution in [1.29, 1.82) is 5.26 Å². The lowest BCUT2D eigenvalue weighted by Gasteiger charge is -2.40. The predicted octanol–water partition coefficient (Wildman–Crippen LogP) is 1.83. The second kappa shape index (κ2) is 9.21. The third-order valence-electron chi connectivity index (χ3n) is 4.17. The Labute approximate surface area is 149 Å². The summed E-state index contributed by atoms with van der Waals surface area (Å²) >= 11 is 0. The highest BCUT2D eigenvalue weighted by Gasteiger charge is 2.28. The Balaban J connectivity index is 1.80. The molecule has 1 saturated heterocycles. The molecule has 1 heterocycles. The number of carbonyl (C=O) groups is 1. The van der Waals surface area contributed by atoms with Crippen molar-refractivity contribution in [3.8, 4) is 11.8 Å². The van der Waals surface area contributed by atoms with Crippen molar-refractivity contribution in [2.45, 2.75) is 19.4 Å². The number of benzene rings is 1. The molecular weight excluding hydrogens is 318 g/mol. The van der Waals surface area contributed by atoms with Gasteiger partial charge in [0.05, 0.1) is 13.2 Å². The van der Waals surface area contributed by atoms with Crippen LogP contribution in [0.4, 0.5) is 0 Å². The van der Waals surface area contributed by atoms with Crippen molar-refractivity contribution in [2.75, 3.05) is 39.5 Å². The Morgan fingerprint density at radius 3 is 2.68 bits per heavy atom. The molecule has 1 aliphatic heterocycles. The van der Waals surface area contributed by atoms with Crippen molar-refractivity contribution >= 4 is 12.0 Å². The standard InChI is InChI=1S/C19H25N3O3/c1-19(2,22-10-13-24-14-11-22)15-21-18(23)8-5-16-3-6-17(7-4-16)25-12-9-20/h3-8H,10-15H2,1-2H3,(H,21,23)/b8-5+. The summed E-state index contributed by atoms with van der Waals surface area (Å²) in [6, 6.07) is 9.15. The van der Waals surface area contributed by atoms with Gasteiger partial charge in [0.1, 0.15) is 11.8 Å². The van der Waals surface area contributed by atoms with Gasteiger partial charge in [-0.3, -0.25) is 9.69 Å². The number of amides is 1. The lowest BCUT2D eigenvalue weighted by molar-refractivity contribution is -0.117. The lowest BCUT2D eigenvalue weighted by Crippen LogP contribution is -2.55. The van der Waals surface area contributed by atoms with E-state index in [0.29, 0.717) is 12.3 Å². The van der Waals surface area contributed by atoms with Gasteiger partial charge in [0.15, 0.2) is 6.61 Å². The number of carbonyl (C=O) groups excluding carboxylic acids is 1. The molecule has 0 spiro atoms. The summed E-state index contributed by atoms with van der Waals surface area (Å²) < 4.78 is 10.6. The number of ether oxygens (including phenoxy) is 2. The van der Waals surface area contributed by atoms with Crippen molar-refractivity contribution in [3.63, 3.8) is 0 Å². The number of hydrogen-bond donors (Lipinski definition) is 1. The molecule has 1 N–H and O–H groups in total. The summed E-state index contributed by atoms with van der Waals surface area (Å²) in [7, 11) is 0. The summed E-state index contributed by atoms with van der Waals surface area (Å²) in [5.74, 6) is 0.515. The van der Waals surface area contributed by atoms with Gasteiger partial charge in [0, 0.05) is 31.2 Å². The molecule has 0 aromatic heterocycles. The monoisotopic (exact) mass is 343 g/mol. The van der Waals surface area contributed by atoms with E-state index >= 15 is 0 Å². The summed E-state index contributed by atoms with van der Waals surface area (Å²) in [6.45, 7) is 8.12. The third-order valence-corrected chi connectivity index (χ3v) is 4.17. The zero-order valence-corrected chi connectivity index (χ0v) is 14.8. The molecule has 1 fully saturated rings. The van der Waals surface area contributed by atoms with Crippen LogP contribution in [-0.4, -0.2) is 55.8 Å². The topological polar surface area (TPSA) is 74.6 Å².